The first-order chi connectivity index (χ1) is 9.14. The molecule has 0 bridgehead atoms. The Labute approximate surface area is 117 Å². The lowest BCUT2D eigenvalue weighted by atomic mass is 10.2. The van der Waals surface area contributed by atoms with Crippen molar-refractivity contribution in [3.8, 4) is 0 Å². The summed E-state index contributed by atoms with van der Waals surface area (Å²) in [5.41, 5.74) is 0. The van der Waals surface area contributed by atoms with Crippen LogP contribution in [-0.2, 0) is 14.8 Å². The van der Waals surface area contributed by atoms with Gasteiger partial charge in [-0.3, -0.25) is 4.90 Å². The lowest BCUT2D eigenvalue weighted by Crippen LogP contribution is -2.38. The molecule has 1 heterocycles. The van der Waals surface area contributed by atoms with E-state index < -0.39 is 10.0 Å². The second-order valence-electron chi connectivity index (χ2n) is 5.08. The van der Waals surface area contributed by atoms with E-state index in [0.717, 1.165) is 65.0 Å². The average Bonchev–Trinajstić information content (AvgIpc) is 2.41. The first kappa shape index (κ1) is 16.9. The number of rotatable bonds is 10. The Hall–Kier alpha value is -0.170. The van der Waals surface area contributed by atoms with E-state index in [2.05, 4.69) is 16.5 Å². The van der Waals surface area contributed by atoms with Crippen LogP contribution in [0.25, 0.3) is 0 Å². The summed E-state index contributed by atoms with van der Waals surface area (Å²) in [6.45, 7) is 7.13. The van der Waals surface area contributed by atoms with E-state index in [1.54, 1.807) is 0 Å². The van der Waals surface area contributed by atoms with Gasteiger partial charge < -0.3 is 4.74 Å². The smallest absolute Gasteiger partial charge is 0.211 e. The summed E-state index contributed by atoms with van der Waals surface area (Å²) in [5, 5.41) is 0. The molecule has 0 amide bonds. The van der Waals surface area contributed by atoms with Gasteiger partial charge in [-0.05, 0) is 19.4 Å². The Bertz CT molecular complexity index is 314. The van der Waals surface area contributed by atoms with Gasteiger partial charge in [-0.1, -0.05) is 26.2 Å². The summed E-state index contributed by atoms with van der Waals surface area (Å²) < 4.78 is 31.4. The minimum atomic E-state index is -3.06. The molecule has 6 heteroatoms. The maximum atomic E-state index is 11.7. The van der Waals surface area contributed by atoms with Gasteiger partial charge in [-0.15, -0.1) is 0 Å². The number of unbranched alkanes of at least 4 members (excludes halogenated alkanes) is 3. The average molecular weight is 292 g/mol. The van der Waals surface area contributed by atoms with E-state index in [0.29, 0.717) is 6.54 Å². The number of sulfonamides is 1. The molecule has 0 spiro atoms. The standard InChI is InChI=1S/C13H28N2O3S/c1-2-3-4-5-13-19(16,17)14-7-6-8-15-9-11-18-12-10-15/h14H,2-13H2,1H3. The first-order valence-electron chi connectivity index (χ1n) is 7.41. The summed E-state index contributed by atoms with van der Waals surface area (Å²) in [6.07, 6.45) is 4.89. The number of hydrogen-bond acceptors (Lipinski definition) is 4. The maximum Gasteiger partial charge on any atom is 0.211 e. The van der Waals surface area contributed by atoms with Crippen molar-refractivity contribution in [2.24, 2.45) is 0 Å². The van der Waals surface area contributed by atoms with Gasteiger partial charge in [0.1, 0.15) is 0 Å². The second-order valence-corrected chi connectivity index (χ2v) is 7.01. The fraction of sp³-hybridized carbons (Fsp3) is 1.00. The Morgan fingerprint density at radius 3 is 2.53 bits per heavy atom. The fourth-order valence-corrected chi connectivity index (χ4v) is 3.33. The Morgan fingerprint density at radius 1 is 1.11 bits per heavy atom. The monoisotopic (exact) mass is 292 g/mol. The predicted octanol–water partition coefficient (Wildman–Crippen LogP) is 1.21. The number of nitrogens with one attached hydrogen (secondary N) is 1. The Morgan fingerprint density at radius 2 is 1.84 bits per heavy atom. The molecule has 0 radical (unpaired) electrons. The van der Waals surface area contributed by atoms with Gasteiger partial charge >= 0.3 is 0 Å². The number of ether oxygens (including phenoxy) is 1. The normalized spacial score (nSPS) is 17.7. The van der Waals surface area contributed by atoms with Gasteiger partial charge in [0.2, 0.25) is 10.0 Å². The highest BCUT2D eigenvalue weighted by molar-refractivity contribution is 7.89. The second kappa shape index (κ2) is 9.69. The zero-order valence-corrected chi connectivity index (χ0v) is 12.9. The van der Waals surface area contributed by atoms with Crippen molar-refractivity contribution in [2.75, 3.05) is 45.1 Å². The molecule has 114 valence electrons. The third-order valence-corrected chi connectivity index (χ3v) is 4.81. The molecule has 0 unspecified atom stereocenters. The van der Waals surface area contributed by atoms with Crippen LogP contribution < -0.4 is 4.72 Å². The van der Waals surface area contributed by atoms with Gasteiger partial charge in [-0.2, -0.15) is 0 Å². The molecule has 1 fully saturated rings. The predicted molar refractivity (Wildman–Crippen MR) is 77.8 cm³/mol. The highest BCUT2D eigenvalue weighted by Crippen LogP contribution is 2.01. The lowest BCUT2D eigenvalue weighted by molar-refractivity contribution is 0.0376. The highest BCUT2D eigenvalue weighted by atomic mass is 32.2. The zero-order valence-electron chi connectivity index (χ0n) is 12.1. The van der Waals surface area contributed by atoms with Crippen molar-refractivity contribution in [1.29, 1.82) is 0 Å². The van der Waals surface area contributed by atoms with Crippen molar-refractivity contribution >= 4 is 10.0 Å². The Kier molecular flexibility index (Phi) is 8.61. The topological polar surface area (TPSA) is 58.6 Å². The van der Waals surface area contributed by atoms with E-state index in [1.807, 2.05) is 0 Å². The summed E-state index contributed by atoms with van der Waals surface area (Å²) in [4.78, 5) is 2.32. The fourth-order valence-electron chi connectivity index (χ4n) is 2.15. The molecule has 0 aromatic rings. The van der Waals surface area contributed by atoms with E-state index in [1.165, 1.54) is 0 Å². The lowest BCUT2D eigenvalue weighted by Gasteiger charge is -2.26. The molecule has 19 heavy (non-hydrogen) atoms. The largest absolute Gasteiger partial charge is 0.379 e. The third kappa shape index (κ3) is 8.57. The molecule has 1 aliphatic heterocycles. The minimum absolute atomic E-state index is 0.268. The molecule has 1 N–H and O–H groups in total. The molecule has 1 saturated heterocycles. The molecule has 0 aliphatic carbocycles. The van der Waals surface area contributed by atoms with Crippen molar-refractivity contribution in [3.63, 3.8) is 0 Å². The van der Waals surface area contributed by atoms with Crippen LogP contribution in [0, 0.1) is 0 Å². The van der Waals surface area contributed by atoms with Crippen LogP contribution in [0.1, 0.15) is 39.0 Å². The van der Waals surface area contributed by atoms with Gasteiger partial charge in [0.15, 0.2) is 0 Å². The summed E-state index contributed by atoms with van der Waals surface area (Å²) in [6, 6.07) is 0. The molecule has 0 saturated carbocycles. The summed E-state index contributed by atoms with van der Waals surface area (Å²) >= 11 is 0. The molecular weight excluding hydrogens is 264 g/mol. The zero-order chi connectivity index (χ0) is 14.0. The molecular formula is C13H28N2O3S. The van der Waals surface area contributed by atoms with Crippen molar-refractivity contribution in [3.05, 3.63) is 0 Å². The van der Waals surface area contributed by atoms with Crippen LogP contribution in [0.5, 0.6) is 0 Å². The highest BCUT2D eigenvalue weighted by Gasteiger charge is 2.11. The maximum absolute atomic E-state index is 11.7. The van der Waals surface area contributed by atoms with Crippen molar-refractivity contribution < 1.29 is 13.2 Å². The van der Waals surface area contributed by atoms with E-state index in [4.69, 9.17) is 4.74 Å². The quantitative estimate of drug-likeness (QED) is 0.615. The van der Waals surface area contributed by atoms with Crippen LogP contribution >= 0.6 is 0 Å². The van der Waals surface area contributed by atoms with Crippen LogP contribution in [0.2, 0.25) is 0 Å². The van der Waals surface area contributed by atoms with Crippen molar-refractivity contribution in [2.45, 2.75) is 39.0 Å². The van der Waals surface area contributed by atoms with Crippen LogP contribution in [0.3, 0.4) is 0 Å². The minimum Gasteiger partial charge on any atom is -0.379 e. The molecule has 0 atom stereocenters. The van der Waals surface area contributed by atoms with Crippen LogP contribution in [0.4, 0.5) is 0 Å². The van der Waals surface area contributed by atoms with Crippen LogP contribution in [-0.4, -0.2) is 58.5 Å². The van der Waals surface area contributed by atoms with E-state index >= 15 is 0 Å². The summed E-state index contributed by atoms with van der Waals surface area (Å²) in [5.74, 6) is 0.268. The van der Waals surface area contributed by atoms with Gasteiger partial charge in [-0.25, -0.2) is 13.1 Å². The first-order valence-corrected chi connectivity index (χ1v) is 9.07. The number of morpholine rings is 1. The SMILES string of the molecule is CCCCCCS(=O)(=O)NCCCN1CCOCC1. The molecule has 0 aromatic carbocycles. The Balaban J connectivity index is 2.03. The van der Waals surface area contributed by atoms with E-state index in [9.17, 15) is 8.42 Å². The van der Waals surface area contributed by atoms with E-state index in [-0.39, 0.29) is 5.75 Å². The van der Waals surface area contributed by atoms with Gasteiger partial charge in [0, 0.05) is 19.6 Å². The molecule has 1 rings (SSSR count). The van der Waals surface area contributed by atoms with Gasteiger partial charge in [0.25, 0.3) is 0 Å². The summed E-state index contributed by atoms with van der Waals surface area (Å²) in [7, 11) is -3.06. The molecule has 0 aromatic heterocycles. The molecule has 1 aliphatic rings. The van der Waals surface area contributed by atoms with Crippen molar-refractivity contribution in [1.82, 2.24) is 9.62 Å². The third-order valence-electron chi connectivity index (χ3n) is 3.34. The molecule has 5 nitrogen and oxygen atoms in total. The van der Waals surface area contributed by atoms with Gasteiger partial charge in [0.05, 0.1) is 19.0 Å². The number of nitrogens with zero attached hydrogens (tertiary/aromatic N) is 1. The number of hydrogen-bond donors (Lipinski definition) is 1. The van der Waals surface area contributed by atoms with Crippen LogP contribution in [0.15, 0.2) is 0 Å².